The maximum absolute atomic E-state index is 12.6. The van der Waals surface area contributed by atoms with Crippen molar-refractivity contribution in [3.05, 3.63) is 41.0 Å². The number of hydrogen-bond acceptors (Lipinski definition) is 11. The summed E-state index contributed by atoms with van der Waals surface area (Å²) in [5, 5.41) is 5.71. The Kier molecular flexibility index (Phi) is 18.5. The van der Waals surface area contributed by atoms with E-state index in [1.165, 1.54) is 5.56 Å². The molecule has 2 aromatic rings. The summed E-state index contributed by atoms with van der Waals surface area (Å²) in [6.07, 6.45) is 4.56. The van der Waals surface area contributed by atoms with Crippen LogP contribution in [0.4, 0.5) is 5.69 Å². The molecular weight excluding hydrogens is 602 g/mol. The van der Waals surface area contributed by atoms with Gasteiger partial charge in [0, 0.05) is 46.0 Å². The minimum atomic E-state index is -0.244. The summed E-state index contributed by atoms with van der Waals surface area (Å²) >= 11 is 0. The van der Waals surface area contributed by atoms with Crippen molar-refractivity contribution in [3.8, 4) is 0 Å². The highest BCUT2D eigenvalue weighted by molar-refractivity contribution is 6.06. The molecule has 0 radical (unpaired) electrons. The van der Waals surface area contributed by atoms with E-state index in [9.17, 15) is 9.59 Å². The SMILES string of the molecule is Cn1cc(NC(=O)c2c3c(cn2C)C3)cc1C(=O)NCCOCCOCCOCCOCCOCCOCCOCCOCCN. The number of fused-ring (bicyclic) bond motifs is 1. The maximum Gasteiger partial charge on any atom is 0.272 e. The summed E-state index contributed by atoms with van der Waals surface area (Å²) in [6.45, 7) is 8.59. The van der Waals surface area contributed by atoms with Gasteiger partial charge in [-0.15, -0.1) is 0 Å². The number of ether oxygens (including phenoxy) is 8. The third kappa shape index (κ3) is 14.7. The van der Waals surface area contributed by atoms with E-state index in [1.807, 2.05) is 17.8 Å². The molecule has 0 bridgehead atoms. The molecule has 1 aliphatic carbocycles. The van der Waals surface area contributed by atoms with E-state index in [0.717, 1.165) is 12.0 Å². The van der Waals surface area contributed by atoms with Gasteiger partial charge in [-0.3, -0.25) is 9.59 Å². The largest absolute Gasteiger partial charge is 0.378 e. The second kappa shape index (κ2) is 22.6. The molecule has 0 aromatic carbocycles. The van der Waals surface area contributed by atoms with Crippen LogP contribution in [0.3, 0.4) is 0 Å². The van der Waals surface area contributed by atoms with E-state index >= 15 is 0 Å². The zero-order valence-corrected chi connectivity index (χ0v) is 27.2. The molecule has 0 fully saturated rings. The van der Waals surface area contributed by atoms with Gasteiger partial charge in [-0.05, 0) is 17.2 Å². The molecular formula is C31H51N5O10. The fraction of sp³-hybridized carbons (Fsp3) is 0.677. The van der Waals surface area contributed by atoms with E-state index in [1.54, 1.807) is 23.9 Å². The van der Waals surface area contributed by atoms with Gasteiger partial charge in [-0.1, -0.05) is 0 Å². The number of aromatic nitrogens is 2. The molecule has 0 atom stereocenters. The van der Waals surface area contributed by atoms with Crippen LogP contribution in [0.15, 0.2) is 18.5 Å². The Bertz CT molecular complexity index is 1150. The first-order valence-corrected chi connectivity index (χ1v) is 15.8. The van der Waals surface area contributed by atoms with Gasteiger partial charge in [-0.25, -0.2) is 0 Å². The van der Waals surface area contributed by atoms with Gasteiger partial charge in [0.15, 0.2) is 0 Å². The maximum atomic E-state index is 12.6. The summed E-state index contributed by atoms with van der Waals surface area (Å²) in [4.78, 5) is 25.2. The van der Waals surface area contributed by atoms with Crippen LogP contribution in [0.25, 0.3) is 0 Å². The number of nitrogens with zero attached hydrogens (tertiary/aromatic N) is 2. The third-order valence-corrected chi connectivity index (χ3v) is 6.73. The Morgan fingerprint density at radius 1 is 0.652 bits per heavy atom. The minimum absolute atomic E-state index is 0.175. The van der Waals surface area contributed by atoms with E-state index in [2.05, 4.69) is 10.6 Å². The predicted octanol–water partition coefficient (Wildman–Crippen LogP) is 0.341. The van der Waals surface area contributed by atoms with Crippen molar-refractivity contribution in [2.24, 2.45) is 19.8 Å². The van der Waals surface area contributed by atoms with Crippen LogP contribution in [-0.4, -0.2) is 140 Å². The average Bonchev–Trinajstić information content (AvgIpc) is 3.55. The number of hydrogen-bond donors (Lipinski definition) is 3. The predicted molar refractivity (Wildman–Crippen MR) is 170 cm³/mol. The van der Waals surface area contributed by atoms with E-state index in [4.69, 9.17) is 43.6 Å². The Balaban J connectivity index is 1.04. The summed E-state index contributed by atoms with van der Waals surface area (Å²) in [5.74, 6) is -0.419. The van der Waals surface area contributed by atoms with Crippen LogP contribution in [0.2, 0.25) is 0 Å². The van der Waals surface area contributed by atoms with Crippen molar-refractivity contribution < 1.29 is 47.5 Å². The summed E-state index contributed by atoms with van der Waals surface area (Å²) < 4.78 is 46.9. The van der Waals surface area contributed by atoms with Crippen molar-refractivity contribution in [2.45, 2.75) is 6.42 Å². The monoisotopic (exact) mass is 653 g/mol. The molecule has 1 aliphatic rings. The van der Waals surface area contributed by atoms with Crippen LogP contribution in [0.5, 0.6) is 0 Å². The second-order valence-corrected chi connectivity index (χ2v) is 10.4. The van der Waals surface area contributed by atoms with Gasteiger partial charge < -0.3 is 63.4 Å². The standard InChI is InChI=1S/C31H51N5O10/c1-35-24-26(34-31(38)29-27-21-25(27)23-36(29)2)22-28(35)30(37)33-4-6-40-8-10-42-12-14-44-16-18-46-20-19-45-17-15-43-13-11-41-9-7-39-5-3-32/h22-24H,3-21,32H2,1-2H3,(H,33,37)(H,34,38). The van der Waals surface area contributed by atoms with Gasteiger partial charge in [0.1, 0.15) is 11.4 Å². The van der Waals surface area contributed by atoms with Gasteiger partial charge in [0.2, 0.25) is 0 Å². The molecule has 4 N–H and O–H groups in total. The zero-order chi connectivity index (χ0) is 32.8. The molecule has 2 amide bonds. The van der Waals surface area contributed by atoms with Gasteiger partial charge >= 0.3 is 0 Å². The molecule has 2 heterocycles. The lowest BCUT2D eigenvalue weighted by Gasteiger charge is -2.09. The first kappa shape index (κ1) is 37.6. The Labute approximate surface area is 270 Å². The molecule has 2 aromatic heterocycles. The lowest BCUT2D eigenvalue weighted by Crippen LogP contribution is -2.29. The normalized spacial score (nSPS) is 12.0. The fourth-order valence-electron chi connectivity index (χ4n) is 4.42. The highest BCUT2D eigenvalue weighted by atomic mass is 16.6. The molecule has 0 saturated heterocycles. The zero-order valence-electron chi connectivity index (χ0n) is 27.2. The number of nitrogens with one attached hydrogen (secondary N) is 2. The Morgan fingerprint density at radius 2 is 1.11 bits per heavy atom. The fourth-order valence-corrected chi connectivity index (χ4v) is 4.42. The molecule has 15 nitrogen and oxygen atoms in total. The highest BCUT2D eigenvalue weighted by Crippen LogP contribution is 2.33. The number of rotatable bonds is 29. The lowest BCUT2D eigenvalue weighted by molar-refractivity contribution is -0.0228. The van der Waals surface area contributed by atoms with Crippen molar-refractivity contribution in [3.63, 3.8) is 0 Å². The Morgan fingerprint density at radius 3 is 1.54 bits per heavy atom. The number of amides is 2. The molecule has 15 heteroatoms. The highest BCUT2D eigenvalue weighted by Gasteiger charge is 2.29. The minimum Gasteiger partial charge on any atom is -0.378 e. The summed E-state index contributed by atoms with van der Waals surface area (Å²) in [5.41, 5.74) is 9.31. The molecule has 3 rings (SSSR count). The van der Waals surface area contributed by atoms with Crippen LogP contribution in [0, 0.1) is 0 Å². The molecule has 46 heavy (non-hydrogen) atoms. The first-order valence-electron chi connectivity index (χ1n) is 15.8. The first-order chi connectivity index (χ1) is 22.5. The van der Waals surface area contributed by atoms with Crippen LogP contribution < -0.4 is 16.4 Å². The average molecular weight is 654 g/mol. The van der Waals surface area contributed by atoms with E-state index in [-0.39, 0.29) is 11.8 Å². The van der Waals surface area contributed by atoms with Crippen molar-refractivity contribution in [1.82, 2.24) is 14.5 Å². The van der Waals surface area contributed by atoms with Crippen LogP contribution >= 0.6 is 0 Å². The molecule has 260 valence electrons. The number of carbonyl (C=O) groups is 2. The molecule has 0 spiro atoms. The van der Waals surface area contributed by atoms with Crippen molar-refractivity contribution in [2.75, 3.05) is 124 Å². The number of aryl methyl sites for hydroxylation is 2. The topological polar surface area (TPSA) is 168 Å². The summed E-state index contributed by atoms with van der Waals surface area (Å²) in [7, 11) is 3.62. The quantitative estimate of drug-likeness (QED) is 0.0884. The lowest BCUT2D eigenvalue weighted by atomic mass is 10.3. The van der Waals surface area contributed by atoms with Crippen LogP contribution in [-0.2, 0) is 58.4 Å². The van der Waals surface area contributed by atoms with Gasteiger partial charge in [0.25, 0.3) is 11.8 Å². The van der Waals surface area contributed by atoms with Gasteiger partial charge in [-0.2, -0.15) is 0 Å². The van der Waals surface area contributed by atoms with Crippen LogP contribution in [0.1, 0.15) is 32.1 Å². The number of anilines is 1. The number of carbonyl (C=O) groups excluding carboxylic acids is 2. The Hall–Kier alpha value is -2.86. The molecule has 0 unspecified atom stereocenters. The van der Waals surface area contributed by atoms with Crippen molar-refractivity contribution >= 4 is 17.5 Å². The van der Waals surface area contributed by atoms with Crippen molar-refractivity contribution in [1.29, 1.82) is 0 Å². The third-order valence-electron chi connectivity index (χ3n) is 6.73. The van der Waals surface area contributed by atoms with Gasteiger partial charge in [0.05, 0.1) is 111 Å². The van der Waals surface area contributed by atoms with E-state index in [0.29, 0.717) is 136 Å². The smallest absolute Gasteiger partial charge is 0.272 e. The summed E-state index contributed by atoms with van der Waals surface area (Å²) in [6, 6.07) is 1.66. The molecule has 0 aliphatic heterocycles. The number of nitrogens with two attached hydrogens (primary N) is 1. The molecule has 0 saturated carbocycles. The second-order valence-electron chi connectivity index (χ2n) is 10.4. The van der Waals surface area contributed by atoms with E-state index < -0.39 is 0 Å².